The molecule has 3 rings (SSSR count). The van der Waals surface area contributed by atoms with Crippen LogP contribution in [0.2, 0.25) is 0 Å². The third-order valence-corrected chi connectivity index (χ3v) is 3.46. The summed E-state index contributed by atoms with van der Waals surface area (Å²) in [6.07, 6.45) is 3.83. The molecule has 3 nitrogen and oxygen atoms in total. The molecule has 0 aliphatic carbocycles. The van der Waals surface area contributed by atoms with Gasteiger partial charge in [0.15, 0.2) is 5.79 Å². The van der Waals surface area contributed by atoms with Gasteiger partial charge in [0.2, 0.25) is 0 Å². The minimum absolute atomic E-state index is 0.0150. The number of hydrogen-bond acceptors (Lipinski definition) is 3. The molecule has 96 valence electrons. The molecule has 1 fully saturated rings. The highest BCUT2D eigenvalue weighted by atomic mass is 16.7. The standard InChI is InChI=1S/C15H18O3/c1-15(2)17-10-13-14(18-15)12(8-9-16-13)11-6-4-3-5-7-11/h3-9,12-14H,10H2,1-2H3/t12-,13-,14+/m1/s1. The van der Waals surface area contributed by atoms with Crippen molar-refractivity contribution in [3.05, 3.63) is 48.2 Å². The van der Waals surface area contributed by atoms with E-state index in [0.29, 0.717) is 6.61 Å². The van der Waals surface area contributed by atoms with Gasteiger partial charge >= 0.3 is 0 Å². The molecule has 3 heteroatoms. The number of fused-ring (bicyclic) bond motifs is 1. The Kier molecular flexibility index (Phi) is 2.88. The van der Waals surface area contributed by atoms with Crippen LogP contribution in [0.1, 0.15) is 25.3 Å². The van der Waals surface area contributed by atoms with E-state index in [1.165, 1.54) is 5.56 Å². The third-order valence-electron chi connectivity index (χ3n) is 3.46. The quantitative estimate of drug-likeness (QED) is 0.762. The molecule has 1 saturated heterocycles. The van der Waals surface area contributed by atoms with Crippen LogP contribution in [0.3, 0.4) is 0 Å². The van der Waals surface area contributed by atoms with Gasteiger partial charge in [-0.3, -0.25) is 0 Å². The summed E-state index contributed by atoms with van der Waals surface area (Å²) >= 11 is 0. The molecule has 2 aliphatic heterocycles. The summed E-state index contributed by atoms with van der Waals surface area (Å²) in [5, 5.41) is 0. The van der Waals surface area contributed by atoms with Crippen LogP contribution in [-0.4, -0.2) is 24.6 Å². The lowest BCUT2D eigenvalue weighted by molar-refractivity contribution is -0.309. The minimum atomic E-state index is -0.539. The van der Waals surface area contributed by atoms with Crippen LogP contribution >= 0.6 is 0 Å². The third kappa shape index (κ3) is 2.16. The van der Waals surface area contributed by atoms with Crippen LogP contribution in [0.15, 0.2) is 42.7 Å². The molecule has 3 atom stereocenters. The second-order valence-corrected chi connectivity index (χ2v) is 5.23. The molecule has 0 aromatic heterocycles. The Labute approximate surface area is 107 Å². The van der Waals surface area contributed by atoms with Gasteiger partial charge in [-0.2, -0.15) is 0 Å². The van der Waals surface area contributed by atoms with E-state index in [9.17, 15) is 0 Å². The molecule has 1 aromatic rings. The molecule has 0 N–H and O–H groups in total. The highest BCUT2D eigenvalue weighted by molar-refractivity contribution is 5.27. The van der Waals surface area contributed by atoms with Gasteiger partial charge in [-0.25, -0.2) is 0 Å². The van der Waals surface area contributed by atoms with Crippen LogP contribution < -0.4 is 0 Å². The molecule has 0 amide bonds. The van der Waals surface area contributed by atoms with Crippen molar-refractivity contribution < 1.29 is 14.2 Å². The van der Waals surface area contributed by atoms with Gasteiger partial charge in [0.05, 0.1) is 12.9 Å². The van der Waals surface area contributed by atoms with Crippen molar-refractivity contribution in [2.75, 3.05) is 6.61 Å². The van der Waals surface area contributed by atoms with Gasteiger partial charge in [0, 0.05) is 5.92 Å². The summed E-state index contributed by atoms with van der Waals surface area (Å²) in [4.78, 5) is 0. The zero-order valence-corrected chi connectivity index (χ0v) is 10.7. The fraction of sp³-hybridized carbons (Fsp3) is 0.467. The van der Waals surface area contributed by atoms with Gasteiger partial charge in [0.25, 0.3) is 0 Å². The van der Waals surface area contributed by atoms with Crippen molar-refractivity contribution in [1.82, 2.24) is 0 Å². The van der Waals surface area contributed by atoms with E-state index in [0.717, 1.165) is 0 Å². The maximum Gasteiger partial charge on any atom is 0.163 e. The van der Waals surface area contributed by atoms with Crippen molar-refractivity contribution in [2.24, 2.45) is 0 Å². The Balaban J connectivity index is 1.90. The van der Waals surface area contributed by atoms with Crippen LogP contribution in [0, 0.1) is 0 Å². The molecule has 0 bridgehead atoms. The SMILES string of the molecule is CC1(C)OC[C@H]2OC=C[C@H](c3ccccc3)[C@@H]2O1. The van der Waals surface area contributed by atoms with Crippen LogP contribution in [0.4, 0.5) is 0 Å². The summed E-state index contributed by atoms with van der Waals surface area (Å²) in [6.45, 7) is 4.47. The highest BCUT2D eigenvalue weighted by Crippen LogP contribution is 2.36. The van der Waals surface area contributed by atoms with Crippen molar-refractivity contribution >= 4 is 0 Å². The second kappa shape index (κ2) is 4.41. The van der Waals surface area contributed by atoms with Crippen molar-refractivity contribution in [1.29, 1.82) is 0 Å². The lowest BCUT2D eigenvalue weighted by atomic mass is 9.88. The van der Waals surface area contributed by atoms with E-state index < -0.39 is 5.79 Å². The second-order valence-electron chi connectivity index (χ2n) is 5.23. The van der Waals surface area contributed by atoms with Gasteiger partial charge in [0.1, 0.15) is 12.2 Å². The predicted molar refractivity (Wildman–Crippen MR) is 68.1 cm³/mol. The lowest BCUT2D eigenvalue weighted by Crippen LogP contribution is -2.52. The predicted octanol–water partition coefficient (Wildman–Crippen LogP) is 2.83. The lowest BCUT2D eigenvalue weighted by Gasteiger charge is -2.44. The van der Waals surface area contributed by atoms with E-state index in [1.807, 2.05) is 19.9 Å². The smallest absolute Gasteiger partial charge is 0.163 e. The molecule has 0 spiro atoms. The number of rotatable bonds is 1. The van der Waals surface area contributed by atoms with Gasteiger partial charge in [-0.1, -0.05) is 30.3 Å². The first-order valence-corrected chi connectivity index (χ1v) is 6.34. The fourth-order valence-corrected chi connectivity index (χ4v) is 2.55. The summed E-state index contributed by atoms with van der Waals surface area (Å²) in [5.74, 6) is -0.309. The maximum atomic E-state index is 6.05. The molecule has 2 heterocycles. The highest BCUT2D eigenvalue weighted by Gasteiger charge is 2.43. The van der Waals surface area contributed by atoms with Crippen molar-refractivity contribution in [2.45, 2.75) is 37.8 Å². The van der Waals surface area contributed by atoms with Gasteiger partial charge in [-0.15, -0.1) is 0 Å². The van der Waals surface area contributed by atoms with Crippen LogP contribution in [0.25, 0.3) is 0 Å². The Morgan fingerprint density at radius 2 is 1.94 bits per heavy atom. The topological polar surface area (TPSA) is 27.7 Å². The first kappa shape index (κ1) is 11.8. The normalized spacial score (nSPS) is 33.6. The Morgan fingerprint density at radius 3 is 2.72 bits per heavy atom. The largest absolute Gasteiger partial charge is 0.493 e. The Morgan fingerprint density at radius 1 is 1.17 bits per heavy atom. The average molecular weight is 246 g/mol. The molecular formula is C15H18O3. The summed E-state index contributed by atoms with van der Waals surface area (Å²) < 4.78 is 17.3. The maximum absolute atomic E-state index is 6.05. The Hall–Kier alpha value is -1.32. The molecule has 0 saturated carbocycles. The first-order valence-electron chi connectivity index (χ1n) is 6.34. The summed E-state index contributed by atoms with van der Waals surface area (Å²) in [7, 11) is 0. The number of ether oxygens (including phenoxy) is 3. The zero-order valence-electron chi connectivity index (χ0n) is 10.7. The molecular weight excluding hydrogens is 228 g/mol. The molecule has 18 heavy (non-hydrogen) atoms. The van der Waals surface area contributed by atoms with E-state index in [4.69, 9.17) is 14.2 Å². The molecule has 2 aliphatic rings. The first-order chi connectivity index (χ1) is 8.66. The van der Waals surface area contributed by atoms with Gasteiger partial charge in [-0.05, 0) is 25.5 Å². The summed E-state index contributed by atoms with van der Waals surface area (Å²) in [5.41, 5.74) is 1.25. The average Bonchev–Trinajstić information content (AvgIpc) is 2.38. The van der Waals surface area contributed by atoms with Gasteiger partial charge < -0.3 is 14.2 Å². The monoisotopic (exact) mass is 246 g/mol. The number of hydrogen-bond donors (Lipinski definition) is 0. The van der Waals surface area contributed by atoms with E-state index >= 15 is 0 Å². The van der Waals surface area contributed by atoms with Crippen LogP contribution in [-0.2, 0) is 14.2 Å². The Bertz CT molecular complexity index is 438. The van der Waals surface area contributed by atoms with E-state index in [-0.39, 0.29) is 18.1 Å². The zero-order chi connectivity index (χ0) is 12.6. The van der Waals surface area contributed by atoms with E-state index in [1.54, 1.807) is 6.26 Å². The van der Waals surface area contributed by atoms with E-state index in [2.05, 4.69) is 30.3 Å². The summed E-state index contributed by atoms with van der Waals surface area (Å²) in [6, 6.07) is 10.4. The fourth-order valence-electron chi connectivity index (χ4n) is 2.55. The molecule has 1 aromatic carbocycles. The molecule has 0 unspecified atom stereocenters. The van der Waals surface area contributed by atoms with Crippen LogP contribution in [0.5, 0.6) is 0 Å². The van der Waals surface area contributed by atoms with Crippen molar-refractivity contribution in [3.63, 3.8) is 0 Å². The number of benzene rings is 1. The van der Waals surface area contributed by atoms with Crippen molar-refractivity contribution in [3.8, 4) is 0 Å². The minimum Gasteiger partial charge on any atom is -0.493 e. The molecule has 0 radical (unpaired) electrons.